The van der Waals surface area contributed by atoms with Crippen molar-refractivity contribution < 1.29 is 9.59 Å². The van der Waals surface area contributed by atoms with Gasteiger partial charge in [0.25, 0.3) is 5.91 Å². The van der Waals surface area contributed by atoms with Crippen LogP contribution >= 0.6 is 0 Å². The smallest absolute Gasteiger partial charge is 0.312 e. The van der Waals surface area contributed by atoms with Gasteiger partial charge < -0.3 is 4.90 Å². The number of benzene rings is 2. The van der Waals surface area contributed by atoms with Gasteiger partial charge in [0.1, 0.15) is 6.54 Å². The highest BCUT2D eigenvalue weighted by Gasteiger charge is 2.40. The van der Waals surface area contributed by atoms with Crippen LogP contribution in [-0.2, 0) is 11.3 Å². The summed E-state index contributed by atoms with van der Waals surface area (Å²) in [5, 5.41) is 2.24. The molecule has 0 atom stereocenters. The second-order valence-electron chi connectivity index (χ2n) is 6.47. The van der Waals surface area contributed by atoms with Gasteiger partial charge in [-0.15, -0.1) is 0 Å². The minimum atomic E-state index is -0.116. The van der Waals surface area contributed by atoms with Crippen molar-refractivity contribution in [1.82, 2.24) is 9.80 Å². The van der Waals surface area contributed by atoms with Crippen LogP contribution in [0.4, 0.5) is 4.79 Å². The topological polar surface area (TPSA) is 40.6 Å². The van der Waals surface area contributed by atoms with Crippen molar-refractivity contribution in [2.45, 2.75) is 38.3 Å². The van der Waals surface area contributed by atoms with E-state index >= 15 is 0 Å². The molecule has 2 aromatic carbocycles. The minimum absolute atomic E-state index is 0.0742. The molecule has 4 nitrogen and oxygen atoms in total. The molecule has 1 aliphatic heterocycles. The molecule has 3 amide bonds. The first-order chi connectivity index (χ1) is 11.2. The van der Waals surface area contributed by atoms with Gasteiger partial charge in [-0.1, -0.05) is 55.3 Å². The Morgan fingerprint density at radius 2 is 1.70 bits per heavy atom. The Kier molecular flexibility index (Phi) is 3.52. The van der Waals surface area contributed by atoms with Gasteiger partial charge in [-0.05, 0) is 29.2 Å². The molecule has 4 rings (SSSR count). The molecule has 4 heteroatoms. The number of hydrogen-bond donors (Lipinski definition) is 0. The van der Waals surface area contributed by atoms with Gasteiger partial charge in [-0.2, -0.15) is 0 Å². The predicted octanol–water partition coefficient (Wildman–Crippen LogP) is 3.55. The van der Waals surface area contributed by atoms with Crippen molar-refractivity contribution in [3.63, 3.8) is 0 Å². The average molecular weight is 308 g/mol. The van der Waals surface area contributed by atoms with Gasteiger partial charge in [0, 0.05) is 6.04 Å². The Hall–Kier alpha value is -2.36. The van der Waals surface area contributed by atoms with Crippen molar-refractivity contribution in [3.05, 3.63) is 48.0 Å². The van der Waals surface area contributed by atoms with Crippen LogP contribution in [0, 0.1) is 0 Å². The summed E-state index contributed by atoms with van der Waals surface area (Å²) in [6.07, 6.45) is 4.38. The van der Waals surface area contributed by atoms with Crippen LogP contribution in [0.15, 0.2) is 42.5 Å². The van der Waals surface area contributed by atoms with Gasteiger partial charge in [0.2, 0.25) is 0 Å². The first-order valence-corrected chi connectivity index (χ1v) is 8.31. The highest BCUT2D eigenvalue weighted by Crippen LogP contribution is 2.28. The number of imide groups is 1. The molecule has 2 fully saturated rings. The van der Waals surface area contributed by atoms with Crippen LogP contribution in [0.5, 0.6) is 0 Å². The summed E-state index contributed by atoms with van der Waals surface area (Å²) in [6.45, 7) is 0.608. The normalized spacial score (nSPS) is 19.3. The number of rotatable bonds is 3. The highest BCUT2D eigenvalue weighted by molar-refractivity contribution is 6.02. The van der Waals surface area contributed by atoms with Gasteiger partial charge >= 0.3 is 6.03 Å². The second kappa shape index (κ2) is 5.69. The molecule has 0 unspecified atom stereocenters. The lowest BCUT2D eigenvalue weighted by Gasteiger charge is -2.23. The van der Waals surface area contributed by atoms with Crippen LogP contribution in [0.1, 0.15) is 31.2 Å². The van der Waals surface area contributed by atoms with Crippen LogP contribution < -0.4 is 0 Å². The monoisotopic (exact) mass is 308 g/mol. The zero-order chi connectivity index (χ0) is 15.8. The van der Waals surface area contributed by atoms with E-state index in [1.54, 1.807) is 4.90 Å². The zero-order valence-corrected chi connectivity index (χ0v) is 13.1. The van der Waals surface area contributed by atoms with E-state index in [9.17, 15) is 9.59 Å². The van der Waals surface area contributed by atoms with E-state index < -0.39 is 0 Å². The molecule has 0 spiro atoms. The molecule has 1 saturated carbocycles. The standard InChI is InChI=1S/C19H20N2O2/c22-18-13-20(16-9-2-3-10-16)19(23)21(18)12-15-8-5-7-14-6-1-4-11-17(14)15/h1,4-8,11,16H,2-3,9-10,12-13H2. The van der Waals surface area contributed by atoms with Gasteiger partial charge in [-0.3, -0.25) is 9.69 Å². The Bertz CT molecular complexity index is 760. The SMILES string of the molecule is O=C1CN(C2CCCC2)C(=O)N1Cc1cccc2ccccc12. The fourth-order valence-corrected chi connectivity index (χ4v) is 3.82. The van der Waals surface area contributed by atoms with E-state index in [4.69, 9.17) is 0 Å². The molecule has 0 N–H and O–H groups in total. The van der Waals surface area contributed by atoms with Gasteiger partial charge in [0.15, 0.2) is 0 Å². The van der Waals surface area contributed by atoms with E-state index in [0.29, 0.717) is 6.54 Å². The molecule has 1 heterocycles. The maximum absolute atomic E-state index is 12.7. The maximum Gasteiger partial charge on any atom is 0.327 e. The first-order valence-electron chi connectivity index (χ1n) is 8.31. The summed E-state index contributed by atoms with van der Waals surface area (Å²) in [5.74, 6) is -0.0742. The van der Waals surface area contributed by atoms with E-state index in [1.165, 1.54) is 4.90 Å². The number of carbonyl (C=O) groups excluding carboxylic acids is 2. The third kappa shape index (κ3) is 2.48. The number of fused-ring (bicyclic) bond motifs is 1. The van der Waals surface area contributed by atoms with E-state index in [2.05, 4.69) is 12.1 Å². The fraction of sp³-hybridized carbons (Fsp3) is 0.368. The molecule has 0 radical (unpaired) electrons. The lowest BCUT2D eigenvalue weighted by atomic mass is 10.0. The van der Waals surface area contributed by atoms with Crippen LogP contribution in [0.2, 0.25) is 0 Å². The summed E-state index contributed by atoms with van der Waals surface area (Å²) in [4.78, 5) is 28.2. The van der Waals surface area contributed by atoms with Crippen LogP contribution in [0.25, 0.3) is 10.8 Å². The Morgan fingerprint density at radius 3 is 2.52 bits per heavy atom. The van der Waals surface area contributed by atoms with E-state index in [1.807, 2.05) is 30.3 Å². The molecule has 23 heavy (non-hydrogen) atoms. The molecule has 0 bridgehead atoms. The lowest BCUT2D eigenvalue weighted by Crippen LogP contribution is -2.37. The summed E-state index contributed by atoms with van der Waals surface area (Å²) < 4.78 is 0. The van der Waals surface area contributed by atoms with Crippen LogP contribution in [-0.4, -0.2) is 34.3 Å². The number of nitrogens with zero attached hydrogens (tertiary/aromatic N) is 2. The van der Waals surface area contributed by atoms with Crippen molar-refractivity contribution in [1.29, 1.82) is 0 Å². The molecule has 118 valence electrons. The zero-order valence-electron chi connectivity index (χ0n) is 13.1. The summed E-state index contributed by atoms with van der Waals surface area (Å²) in [7, 11) is 0. The molecule has 1 saturated heterocycles. The molecule has 2 aliphatic rings. The van der Waals surface area contributed by atoms with Gasteiger partial charge in [-0.25, -0.2) is 4.79 Å². The third-order valence-electron chi connectivity index (χ3n) is 5.06. The molecular formula is C19H20N2O2. The third-order valence-corrected chi connectivity index (χ3v) is 5.06. The maximum atomic E-state index is 12.7. The first kappa shape index (κ1) is 14.2. The Morgan fingerprint density at radius 1 is 0.957 bits per heavy atom. The fourth-order valence-electron chi connectivity index (χ4n) is 3.82. The van der Waals surface area contributed by atoms with Gasteiger partial charge in [0.05, 0.1) is 6.54 Å². The molecule has 1 aliphatic carbocycles. The molecule has 0 aromatic heterocycles. The summed E-state index contributed by atoms with van der Waals surface area (Å²) in [5.41, 5.74) is 1.03. The Labute approximate surface area is 135 Å². The number of amides is 3. The predicted molar refractivity (Wildman–Crippen MR) is 88.9 cm³/mol. The minimum Gasteiger partial charge on any atom is -0.312 e. The van der Waals surface area contributed by atoms with E-state index in [-0.39, 0.29) is 24.5 Å². The summed E-state index contributed by atoms with van der Waals surface area (Å²) in [6, 6.07) is 14.3. The van der Waals surface area contributed by atoms with E-state index in [0.717, 1.165) is 42.0 Å². The number of urea groups is 1. The number of carbonyl (C=O) groups is 2. The average Bonchev–Trinajstić information content (AvgIpc) is 3.19. The second-order valence-corrected chi connectivity index (χ2v) is 6.47. The summed E-state index contributed by atoms with van der Waals surface area (Å²) >= 11 is 0. The van der Waals surface area contributed by atoms with Crippen molar-refractivity contribution in [2.75, 3.05) is 6.54 Å². The van der Waals surface area contributed by atoms with Crippen molar-refractivity contribution >= 4 is 22.7 Å². The highest BCUT2D eigenvalue weighted by atomic mass is 16.2. The molecule has 2 aromatic rings. The largest absolute Gasteiger partial charge is 0.327 e. The Balaban J connectivity index is 1.60. The van der Waals surface area contributed by atoms with Crippen LogP contribution in [0.3, 0.4) is 0 Å². The lowest BCUT2D eigenvalue weighted by molar-refractivity contribution is -0.125. The molecular weight excluding hydrogens is 288 g/mol. The van der Waals surface area contributed by atoms with Crippen molar-refractivity contribution in [3.8, 4) is 0 Å². The number of hydrogen-bond acceptors (Lipinski definition) is 2. The van der Waals surface area contributed by atoms with Crippen molar-refractivity contribution in [2.24, 2.45) is 0 Å². The quantitative estimate of drug-likeness (QED) is 0.814.